The smallest absolute Gasteiger partial charge is 0.231 e. The number of guanidine groups is 1. The van der Waals surface area contributed by atoms with E-state index in [0.717, 1.165) is 22.5 Å². The fraction of sp³-hybridized carbons (Fsp3) is 0.348. The minimum absolute atomic E-state index is 0.104. The lowest BCUT2D eigenvalue weighted by molar-refractivity contribution is -0.128. The molecule has 4 rings (SSSR count). The van der Waals surface area contributed by atoms with Crippen LogP contribution in [0.3, 0.4) is 0 Å². The zero-order chi connectivity index (χ0) is 22.2. The number of nitrogens with two attached hydrogens (primary N) is 1. The molecule has 1 saturated heterocycles. The van der Waals surface area contributed by atoms with Gasteiger partial charge >= 0.3 is 0 Å². The number of carbonyl (C=O) groups is 1. The third-order valence-corrected chi connectivity index (χ3v) is 6.05. The topological polar surface area (TPSA) is 92.8 Å². The van der Waals surface area contributed by atoms with Gasteiger partial charge in [0, 0.05) is 35.1 Å². The number of hydrogen-bond donors (Lipinski definition) is 2. The second kappa shape index (κ2) is 7.88. The van der Waals surface area contributed by atoms with Crippen molar-refractivity contribution in [3.63, 3.8) is 0 Å². The van der Waals surface area contributed by atoms with Crippen molar-refractivity contribution in [2.24, 2.45) is 10.7 Å². The SMILES string of the molecule is CC#Cc1ccc(C2(Nc3ccc(Cl)c([C@]4(C)CC(=O)N(C)C(N)=N4)c3)COC2)nc1. The van der Waals surface area contributed by atoms with Crippen molar-refractivity contribution in [2.75, 3.05) is 25.6 Å². The first-order valence-electron chi connectivity index (χ1n) is 9.93. The summed E-state index contributed by atoms with van der Waals surface area (Å²) in [5.41, 5.74) is 8.00. The molecule has 1 aromatic heterocycles. The maximum absolute atomic E-state index is 12.4. The van der Waals surface area contributed by atoms with Crippen LogP contribution in [0.15, 0.2) is 41.5 Å². The normalized spacial score (nSPS) is 22.1. The Hall–Kier alpha value is -3.08. The highest BCUT2D eigenvalue weighted by molar-refractivity contribution is 6.31. The van der Waals surface area contributed by atoms with Gasteiger partial charge in [-0.1, -0.05) is 17.5 Å². The van der Waals surface area contributed by atoms with Gasteiger partial charge in [-0.3, -0.25) is 14.7 Å². The fourth-order valence-corrected chi connectivity index (χ4v) is 4.16. The molecule has 0 spiro atoms. The summed E-state index contributed by atoms with van der Waals surface area (Å²) in [6.45, 7) is 4.64. The molecule has 1 amide bonds. The molecule has 31 heavy (non-hydrogen) atoms. The van der Waals surface area contributed by atoms with Gasteiger partial charge in [0.15, 0.2) is 5.96 Å². The highest BCUT2D eigenvalue weighted by Gasteiger charge is 2.42. The Labute approximate surface area is 186 Å². The van der Waals surface area contributed by atoms with Crippen LogP contribution in [-0.4, -0.2) is 42.0 Å². The summed E-state index contributed by atoms with van der Waals surface area (Å²) >= 11 is 6.52. The van der Waals surface area contributed by atoms with Crippen LogP contribution >= 0.6 is 11.6 Å². The number of rotatable bonds is 4. The van der Waals surface area contributed by atoms with Crippen LogP contribution in [-0.2, 0) is 20.6 Å². The van der Waals surface area contributed by atoms with Gasteiger partial charge in [0.2, 0.25) is 5.91 Å². The van der Waals surface area contributed by atoms with E-state index in [-0.39, 0.29) is 18.3 Å². The summed E-state index contributed by atoms with van der Waals surface area (Å²) in [6, 6.07) is 9.55. The minimum Gasteiger partial charge on any atom is -0.376 e. The Morgan fingerprint density at radius 1 is 1.29 bits per heavy atom. The Bertz CT molecular complexity index is 1120. The van der Waals surface area contributed by atoms with Crippen LogP contribution in [0.5, 0.6) is 0 Å². The Morgan fingerprint density at radius 3 is 2.65 bits per heavy atom. The highest BCUT2D eigenvalue weighted by atomic mass is 35.5. The molecule has 160 valence electrons. The van der Waals surface area contributed by atoms with Gasteiger partial charge in [-0.25, -0.2) is 4.99 Å². The van der Waals surface area contributed by atoms with Crippen LogP contribution in [0.4, 0.5) is 5.69 Å². The second-order valence-corrected chi connectivity index (χ2v) is 8.48. The number of ether oxygens (including phenoxy) is 1. The molecular formula is C23H24ClN5O2. The number of carbonyl (C=O) groups excluding carboxylic acids is 1. The third kappa shape index (κ3) is 3.85. The standard InChI is InChI=1S/C23H24ClN5O2/c1-4-5-15-6-9-19(26-12-15)23(13-31-14-23)27-16-7-8-18(24)17(10-16)22(2)11-20(30)29(3)21(25)28-22/h6-10,12,27H,11,13-14H2,1-3H3,(H2,25,28)/t22-/m0/s1. The Kier molecular flexibility index (Phi) is 5.38. The van der Waals surface area contributed by atoms with Crippen molar-refractivity contribution in [1.82, 2.24) is 9.88 Å². The molecule has 3 N–H and O–H groups in total. The molecule has 0 radical (unpaired) electrons. The molecule has 0 saturated carbocycles. The zero-order valence-electron chi connectivity index (χ0n) is 17.7. The van der Waals surface area contributed by atoms with Crippen molar-refractivity contribution in [1.29, 1.82) is 0 Å². The molecule has 1 fully saturated rings. The van der Waals surface area contributed by atoms with Gasteiger partial charge in [0.1, 0.15) is 5.54 Å². The van der Waals surface area contributed by atoms with Crippen LogP contribution in [0.25, 0.3) is 0 Å². The summed E-state index contributed by atoms with van der Waals surface area (Å²) in [6.07, 6.45) is 1.95. The van der Waals surface area contributed by atoms with Gasteiger partial charge in [0.25, 0.3) is 0 Å². The lowest BCUT2D eigenvalue weighted by Crippen LogP contribution is -2.53. The average Bonchev–Trinajstić information content (AvgIpc) is 2.71. The first kappa shape index (κ1) is 21.2. The van der Waals surface area contributed by atoms with E-state index in [1.54, 1.807) is 26.2 Å². The van der Waals surface area contributed by atoms with Crippen molar-refractivity contribution in [3.05, 3.63) is 58.4 Å². The van der Waals surface area contributed by atoms with Crippen LogP contribution < -0.4 is 11.1 Å². The minimum atomic E-state index is -0.843. The van der Waals surface area contributed by atoms with Crippen molar-refractivity contribution < 1.29 is 9.53 Å². The van der Waals surface area contributed by atoms with Crippen LogP contribution in [0, 0.1) is 11.8 Å². The molecular weight excluding hydrogens is 414 g/mol. The molecule has 0 bridgehead atoms. The van der Waals surface area contributed by atoms with E-state index in [2.05, 4.69) is 27.1 Å². The zero-order valence-corrected chi connectivity index (χ0v) is 18.5. The molecule has 1 aromatic carbocycles. The van der Waals surface area contributed by atoms with E-state index in [1.807, 2.05) is 31.2 Å². The molecule has 0 unspecified atom stereocenters. The summed E-state index contributed by atoms with van der Waals surface area (Å²) in [4.78, 5) is 22.9. The van der Waals surface area contributed by atoms with Crippen molar-refractivity contribution >= 4 is 29.2 Å². The van der Waals surface area contributed by atoms with Gasteiger partial charge in [-0.05, 0) is 44.2 Å². The summed E-state index contributed by atoms with van der Waals surface area (Å²) < 4.78 is 5.53. The predicted octanol–water partition coefficient (Wildman–Crippen LogP) is 2.84. The third-order valence-electron chi connectivity index (χ3n) is 5.72. The number of amides is 1. The average molecular weight is 438 g/mol. The molecule has 2 aliphatic heterocycles. The van der Waals surface area contributed by atoms with Gasteiger partial charge in [0.05, 0.1) is 30.9 Å². The molecule has 7 nitrogen and oxygen atoms in total. The molecule has 2 aliphatic rings. The number of nitrogens with zero attached hydrogens (tertiary/aromatic N) is 3. The number of aromatic nitrogens is 1. The van der Waals surface area contributed by atoms with E-state index in [4.69, 9.17) is 22.1 Å². The molecule has 1 atom stereocenters. The molecule has 0 aliphatic carbocycles. The van der Waals surface area contributed by atoms with Gasteiger partial charge in [-0.2, -0.15) is 0 Å². The number of anilines is 1. The first-order valence-corrected chi connectivity index (χ1v) is 10.3. The Morgan fingerprint density at radius 2 is 2.06 bits per heavy atom. The van der Waals surface area contributed by atoms with Gasteiger partial charge < -0.3 is 15.8 Å². The lowest BCUT2D eigenvalue weighted by Gasteiger charge is -2.42. The largest absolute Gasteiger partial charge is 0.376 e. The number of nitrogens with one attached hydrogen (secondary N) is 1. The number of benzene rings is 1. The number of halogens is 1. The van der Waals surface area contributed by atoms with Gasteiger partial charge in [-0.15, -0.1) is 5.92 Å². The monoisotopic (exact) mass is 437 g/mol. The summed E-state index contributed by atoms with van der Waals surface area (Å²) in [7, 11) is 1.62. The fourth-order valence-electron chi connectivity index (χ4n) is 3.84. The molecule has 8 heteroatoms. The second-order valence-electron chi connectivity index (χ2n) is 8.08. The number of hydrogen-bond acceptors (Lipinski definition) is 6. The first-order chi connectivity index (χ1) is 14.8. The quantitative estimate of drug-likeness (QED) is 0.717. The predicted molar refractivity (Wildman–Crippen MR) is 121 cm³/mol. The van der Waals surface area contributed by atoms with E-state index in [1.165, 1.54) is 4.90 Å². The van der Waals surface area contributed by atoms with E-state index in [9.17, 15) is 4.79 Å². The highest BCUT2D eigenvalue weighted by Crippen LogP contribution is 2.40. The van der Waals surface area contributed by atoms with E-state index < -0.39 is 11.1 Å². The number of aliphatic imine (C=N–C) groups is 1. The summed E-state index contributed by atoms with van der Waals surface area (Å²) in [5.74, 6) is 5.95. The summed E-state index contributed by atoms with van der Waals surface area (Å²) in [5, 5.41) is 4.09. The van der Waals surface area contributed by atoms with Crippen LogP contribution in [0.2, 0.25) is 5.02 Å². The lowest BCUT2D eigenvalue weighted by atomic mass is 9.86. The maximum Gasteiger partial charge on any atom is 0.231 e. The van der Waals surface area contributed by atoms with Crippen molar-refractivity contribution in [2.45, 2.75) is 31.3 Å². The molecule has 2 aromatic rings. The van der Waals surface area contributed by atoms with E-state index in [0.29, 0.717) is 18.2 Å². The van der Waals surface area contributed by atoms with E-state index >= 15 is 0 Å². The maximum atomic E-state index is 12.4. The number of pyridine rings is 1. The van der Waals surface area contributed by atoms with Crippen LogP contribution in [0.1, 0.15) is 37.1 Å². The Balaban J connectivity index is 1.67. The molecule has 3 heterocycles. The van der Waals surface area contributed by atoms with Crippen molar-refractivity contribution in [3.8, 4) is 11.8 Å².